The maximum absolute atomic E-state index is 6.15. The SMILES string of the molecule is Cc1cnccc1CNC1CCOC2(CCSCC2)C1. The van der Waals surface area contributed by atoms with Crippen LogP contribution < -0.4 is 5.32 Å². The summed E-state index contributed by atoms with van der Waals surface area (Å²) in [5.41, 5.74) is 2.81. The van der Waals surface area contributed by atoms with Gasteiger partial charge in [-0.3, -0.25) is 4.98 Å². The van der Waals surface area contributed by atoms with Crippen LogP contribution in [-0.4, -0.2) is 34.7 Å². The summed E-state index contributed by atoms with van der Waals surface area (Å²) < 4.78 is 6.15. The lowest BCUT2D eigenvalue weighted by molar-refractivity contribution is -0.0933. The summed E-state index contributed by atoms with van der Waals surface area (Å²) in [5.74, 6) is 2.52. The van der Waals surface area contributed by atoms with Crippen LogP contribution in [0.3, 0.4) is 0 Å². The number of aromatic nitrogens is 1. The molecule has 0 aromatic carbocycles. The molecule has 1 aromatic rings. The molecule has 1 unspecified atom stereocenters. The average Bonchev–Trinajstić information content (AvgIpc) is 2.47. The number of aryl methyl sites for hydroxylation is 1. The van der Waals surface area contributed by atoms with Crippen molar-refractivity contribution in [1.82, 2.24) is 10.3 Å². The van der Waals surface area contributed by atoms with E-state index in [0.29, 0.717) is 6.04 Å². The van der Waals surface area contributed by atoms with E-state index in [2.05, 4.69) is 35.1 Å². The van der Waals surface area contributed by atoms with Gasteiger partial charge in [-0.2, -0.15) is 11.8 Å². The fourth-order valence-corrected chi connectivity index (χ4v) is 4.49. The van der Waals surface area contributed by atoms with E-state index < -0.39 is 0 Å². The Morgan fingerprint density at radius 2 is 2.30 bits per heavy atom. The molecule has 1 spiro atoms. The lowest BCUT2D eigenvalue weighted by Gasteiger charge is -2.43. The van der Waals surface area contributed by atoms with Crippen molar-refractivity contribution < 1.29 is 4.74 Å². The number of thioether (sulfide) groups is 1. The Morgan fingerprint density at radius 3 is 3.10 bits per heavy atom. The molecule has 2 aliphatic rings. The fraction of sp³-hybridized carbons (Fsp3) is 0.688. The second-order valence-electron chi connectivity index (χ2n) is 6.02. The molecule has 2 saturated heterocycles. The number of hydrogen-bond acceptors (Lipinski definition) is 4. The first-order valence-corrected chi connectivity index (χ1v) is 8.77. The van der Waals surface area contributed by atoms with Gasteiger partial charge in [0, 0.05) is 31.6 Å². The summed E-state index contributed by atoms with van der Waals surface area (Å²) in [7, 11) is 0. The summed E-state index contributed by atoms with van der Waals surface area (Å²) in [6.07, 6.45) is 8.60. The predicted molar refractivity (Wildman–Crippen MR) is 84.1 cm³/mol. The number of hydrogen-bond donors (Lipinski definition) is 1. The van der Waals surface area contributed by atoms with E-state index in [9.17, 15) is 0 Å². The molecule has 0 bridgehead atoms. The molecule has 2 fully saturated rings. The smallest absolute Gasteiger partial charge is 0.0713 e. The van der Waals surface area contributed by atoms with Crippen LogP contribution in [0.2, 0.25) is 0 Å². The average molecular weight is 292 g/mol. The lowest BCUT2D eigenvalue weighted by atomic mass is 9.85. The Labute approximate surface area is 125 Å². The van der Waals surface area contributed by atoms with Gasteiger partial charge in [-0.15, -0.1) is 0 Å². The van der Waals surface area contributed by atoms with Gasteiger partial charge in [0.25, 0.3) is 0 Å². The van der Waals surface area contributed by atoms with Crippen molar-refractivity contribution in [2.24, 2.45) is 0 Å². The number of nitrogens with one attached hydrogen (secondary N) is 1. The minimum absolute atomic E-state index is 0.175. The van der Waals surface area contributed by atoms with E-state index in [1.807, 2.05) is 12.4 Å². The minimum atomic E-state index is 0.175. The molecular weight excluding hydrogens is 268 g/mol. The first-order chi connectivity index (χ1) is 9.77. The molecular formula is C16H24N2OS. The van der Waals surface area contributed by atoms with Crippen LogP contribution in [-0.2, 0) is 11.3 Å². The molecule has 1 N–H and O–H groups in total. The molecule has 1 aromatic heterocycles. The van der Waals surface area contributed by atoms with E-state index in [1.54, 1.807) is 0 Å². The van der Waals surface area contributed by atoms with Gasteiger partial charge >= 0.3 is 0 Å². The van der Waals surface area contributed by atoms with Gasteiger partial charge in [-0.1, -0.05) is 0 Å². The second-order valence-corrected chi connectivity index (χ2v) is 7.24. The highest BCUT2D eigenvalue weighted by atomic mass is 32.2. The zero-order valence-corrected chi connectivity index (χ0v) is 13.0. The minimum Gasteiger partial charge on any atom is -0.375 e. The quantitative estimate of drug-likeness (QED) is 0.929. The first kappa shape index (κ1) is 14.4. The number of rotatable bonds is 3. The Kier molecular flexibility index (Phi) is 4.64. The van der Waals surface area contributed by atoms with Crippen molar-refractivity contribution in [3.8, 4) is 0 Å². The van der Waals surface area contributed by atoms with Crippen LogP contribution >= 0.6 is 11.8 Å². The summed E-state index contributed by atoms with van der Waals surface area (Å²) in [5, 5.41) is 3.74. The normalized spacial score (nSPS) is 25.8. The number of ether oxygens (including phenoxy) is 1. The topological polar surface area (TPSA) is 34.2 Å². The van der Waals surface area contributed by atoms with Crippen molar-refractivity contribution >= 4 is 11.8 Å². The van der Waals surface area contributed by atoms with Crippen LogP contribution in [0.4, 0.5) is 0 Å². The molecule has 2 aliphatic heterocycles. The van der Waals surface area contributed by atoms with Gasteiger partial charge in [0.15, 0.2) is 0 Å². The van der Waals surface area contributed by atoms with Gasteiger partial charge in [0.05, 0.1) is 5.60 Å². The number of nitrogens with zero attached hydrogens (tertiary/aromatic N) is 1. The highest BCUT2D eigenvalue weighted by molar-refractivity contribution is 7.99. The van der Waals surface area contributed by atoms with Gasteiger partial charge in [0.2, 0.25) is 0 Å². The van der Waals surface area contributed by atoms with Gasteiger partial charge < -0.3 is 10.1 Å². The highest BCUT2D eigenvalue weighted by Crippen LogP contribution is 2.37. The largest absolute Gasteiger partial charge is 0.375 e. The molecule has 0 amide bonds. The second kappa shape index (κ2) is 6.46. The third-order valence-corrected chi connectivity index (χ3v) is 5.60. The van der Waals surface area contributed by atoms with E-state index in [0.717, 1.165) is 19.6 Å². The van der Waals surface area contributed by atoms with Gasteiger partial charge in [-0.05, 0) is 61.3 Å². The third-order valence-electron chi connectivity index (χ3n) is 4.61. The van der Waals surface area contributed by atoms with Crippen LogP contribution in [0, 0.1) is 6.92 Å². The lowest BCUT2D eigenvalue weighted by Crippen LogP contribution is -2.48. The fourth-order valence-electron chi connectivity index (χ4n) is 3.25. The molecule has 3 nitrogen and oxygen atoms in total. The van der Waals surface area contributed by atoms with Crippen molar-refractivity contribution in [1.29, 1.82) is 0 Å². The zero-order valence-electron chi connectivity index (χ0n) is 12.2. The van der Waals surface area contributed by atoms with E-state index in [1.165, 1.54) is 41.9 Å². The van der Waals surface area contributed by atoms with Crippen LogP contribution in [0.25, 0.3) is 0 Å². The Bertz CT molecular complexity index is 440. The molecule has 4 heteroatoms. The van der Waals surface area contributed by atoms with Crippen molar-refractivity contribution in [3.63, 3.8) is 0 Å². The van der Waals surface area contributed by atoms with Crippen molar-refractivity contribution in [2.75, 3.05) is 18.1 Å². The maximum atomic E-state index is 6.15. The summed E-state index contributed by atoms with van der Waals surface area (Å²) in [4.78, 5) is 4.16. The van der Waals surface area contributed by atoms with E-state index in [4.69, 9.17) is 4.74 Å². The standard InChI is InChI=1S/C16H24N2OS/c1-13-11-17-6-2-14(13)12-18-15-3-7-19-16(10-15)4-8-20-9-5-16/h2,6,11,15,18H,3-5,7-10,12H2,1H3. The van der Waals surface area contributed by atoms with Crippen molar-refractivity contribution in [2.45, 2.75) is 50.8 Å². The highest BCUT2D eigenvalue weighted by Gasteiger charge is 2.38. The molecule has 1 atom stereocenters. The Balaban J connectivity index is 1.56. The molecule has 3 heterocycles. The van der Waals surface area contributed by atoms with E-state index >= 15 is 0 Å². The summed E-state index contributed by atoms with van der Waals surface area (Å²) in [6.45, 7) is 4.00. The number of pyridine rings is 1. The zero-order chi connectivity index (χ0) is 13.8. The molecule has 0 saturated carbocycles. The van der Waals surface area contributed by atoms with Gasteiger partial charge in [0.1, 0.15) is 0 Å². The third kappa shape index (κ3) is 3.35. The van der Waals surface area contributed by atoms with Crippen LogP contribution in [0.15, 0.2) is 18.5 Å². The molecule has 0 radical (unpaired) electrons. The van der Waals surface area contributed by atoms with Crippen molar-refractivity contribution in [3.05, 3.63) is 29.6 Å². The molecule has 0 aliphatic carbocycles. The monoisotopic (exact) mass is 292 g/mol. The Morgan fingerprint density at radius 1 is 1.45 bits per heavy atom. The van der Waals surface area contributed by atoms with Gasteiger partial charge in [-0.25, -0.2) is 0 Å². The maximum Gasteiger partial charge on any atom is 0.0713 e. The first-order valence-electron chi connectivity index (χ1n) is 7.62. The summed E-state index contributed by atoms with van der Waals surface area (Å²) in [6, 6.07) is 2.72. The van der Waals surface area contributed by atoms with Crippen LogP contribution in [0.5, 0.6) is 0 Å². The predicted octanol–water partition coefficient (Wildman–Crippen LogP) is 2.92. The van der Waals surface area contributed by atoms with Crippen LogP contribution in [0.1, 0.15) is 36.8 Å². The summed E-state index contributed by atoms with van der Waals surface area (Å²) >= 11 is 2.07. The molecule has 110 valence electrons. The van der Waals surface area contributed by atoms with E-state index in [-0.39, 0.29) is 5.60 Å². The Hall–Kier alpha value is -0.580. The molecule has 20 heavy (non-hydrogen) atoms. The molecule has 3 rings (SSSR count).